The van der Waals surface area contributed by atoms with E-state index in [4.69, 9.17) is 4.74 Å². The predicted octanol–water partition coefficient (Wildman–Crippen LogP) is 1.93. The molecule has 2 aromatic rings. The number of halogens is 2. The minimum Gasteiger partial charge on any atom is -0.486 e. The van der Waals surface area contributed by atoms with E-state index in [0.29, 0.717) is 0 Å². The van der Waals surface area contributed by atoms with Crippen LogP contribution in [0.25, 0.3) is 10.9 Å². The van der Waals surface area contributed by atoms with Crippen molar-refractivity contribution in [2.75, 3.05) is 20.7 Å². The molecule has 0 bridgehead atoms. The summed E-state index contributed by atoms with van der Waals surface area (Å²) in [6.45, 7) is 1.93. The van der Waals surface area contributed by atoms with Gasteiger partial charge in [-0.1, -0.05) is 0 Å². The Hall–Kier alpha value is -2.44. The number of rotatable bonds is 1. The van der Waals surface area contributed by atoms with Crippen molar-refractivity contribution in [3.8, 4) is 5.75 Å². The third kappa shape index (κ3) is 1.88. The van der Waals surface area contributed by atoms with Crippen LogP contribution in [0.2, 0.25) is 0 Å². The van der Waals surface area contributed by atoms with E-state index in [0.717, 1.165) is 6.07 Å². The summed E-state index contributed by atoms with van der Waals surface area (Å²) in [5.74, 6) is -3.07. The van der Waals surface area contributed by atoms with Gasteiger partial charge in [-0.3, -0.25) is 9.59 Å². The van der Waals surface area contributed by atoms with Crippen LogP contribution in [0.3, 0.4) is 0 Å². The van der Waals surface area contributed by atoms with Gasteiger partial charge in [-0.2, -0.15) is 4.39 Å². The molecular weight excluding hydrogens is 294 g/mol. The van der Waals surface area contributed by atoms with Gasteiger partial charge in [0.25, 0.3) is 5.91 Å². The van der Waals surface area contributed by atoms with Crippen LogP contribution in [-0.4, -0.2) is 36.1 Å². The Labute approximate surface area is 124 Å². The van der Waals surface area contributed by atoms with Crippen molar-refractivity contribution in [3.05, 3.63) is 39.7 Å². The van der Waals surface area contributed by atoms with Gasteiger partial charge in [0.1, 0.15) is 12.2 Å². The van der Waals surface area contributed by atoms with Crippen LogP contribution in [0.4, 0.5) is 8.78 Å². The first-order valence-corrected chi connectivity index (χ1v) is 6.74. The Balaban J connectivity index is 2.47. The number of hydrogen-bond donors (Lipinski definition) is 0. The molecule has 0 aliphatic carbocycles. The van der Waals surface area contributed by atoms with Gasteiger partial charge in [0.2, 0.25) is 11.2 Å². The molecule has 0 fully saturated rings. The Morgan fingerprint density at radius 2 is 2.09 bits per heavy atom. The fourth-order valence-corrected chi connectivity index (χ4v) is 2.59. The van der Waals surface area contributed by atoms with Gasteiger partial charge in [0.15, 0.2) is 11.6 Å². The van der Waals surface area contributed by atoms with Gasteiger partial charge in [-0.05, 0) is 13.0 Å². The van der Waals surface area contributed by atoms with Crippen LogP contribution < -0.4 is 10.2 Å². The Morgan fingerprint density at radius 1 is 1.41 bits per heavy atom. The highest BCUT2D eigenvalue weighted by Crippen LogP contribution is 2.35. The van der Waals surface area contributed by atoms with Crippen molar-refractivity contribution in [3.63, 3.8) is 0 Å². The summed E-state index contributed by atoms with van der Waals surface area (Å²) in [5, 5.41) is -0.0619. The van der Waals surface area contributed by atoms with Crippen LogP contribution in [-0.2, 0) is 0 Å². The monoisotopic (exact) mass is 308 g/mol. The number of pyridine rings is 1. The zero-order valence-corrected chi connectivity index (χ0v) is 12.3. The van der Waals surface area contributed by atoms with E-state index in [1.54, 1.807) is 11.5 Å². The molecule has 1 unspecified atom stereocenters. The Bertz CT molecular complexity index is 858. The van der Waals surface area contributed by atoms with E-state index in [9.17, 15) is 18.4 Å². The molecular formula is C15H14F2N2O3. The highest BCUT2D eigenvalue weighted by Gasteiger charge is 2.28. The molecule has 5 nitrogen and oxygen atoms in total. The van der Waals surface area contributed by atoms with Gasteiger partial charge in [0.05, 0.1) is 16.9 Å². The van der Waals surface area contributed by atoms with Crippen molar-refractivity contribution in [2.24, 2.45) is 0 Å². The lowest BCUT2D eigenvalue weighted by molar-refractivity contribution is 0.0825. The number of amides is 1. The minimum absolute atomic E-state index is 0.0619. The van der Waals surface area contributed by atoms with E-state index in [1.165, 1.54) is 25.2 Å². The van der Waals surface area contributed by atoms with E-state index < -0.39 is 23.0 Å². The molecule has 7 heteroatoms. The minimum atomic E-state index is -1.17. The second-order valence-corrected chi connectivity index (χ2v) is 5.54. The third-order valence-electron chi connectivity index (χ3n) is 3.75. The molecule has 1 aromatic carbocycles. The van der Waals surface area contributed by atoms with E-state index in [-0.39, 0.29) is 34.9 Å². The van der Waals surface area contributed by atoms with Gasteiger partial charge in [-0.25, -0.2) is 4.39 Å². The summed E-state index contributed by atoms with van der Waals surface area (Å²) < 4.78 is 34.5. The molecule has 22 heavy (non-hydrogen) atoms. The zero-order chi connectivity index (χ0) is 16.2. The second kappa shape index (κ2) is 4.79. The molecule has 1 aliphatic rings. The summed E-state index contributed by atoms with van der Waals surface area (Å²) in [7, 11) is 3.04. The van der Waals surface area contributed by atoms with Crippen molar-refractivity contribution in [2.45, 2.75) is 13.0 Å². The topological polar surface area (TPSA) is 51.5 Å². The summed E-state index contributed by atoms with van der Waals surface area (Å²) in [6.07, 6.45) is 1.39. The number of carbonyl (C=O) groups excluding carboxylic acids is 1. The molecule has 0 spiro atoms. The lowest BCUT2D eigenvalue weighted by Gasteiger charge is -2.27. The van der Waals surface area contributed by atoms with Crippen molar-refractivity contribution >= 4 is 16.8 Å². The van der Waals surface area contributed by atoms with Gasteiger partial charge in [0, 0.05) is 20.3 Å². The molecule has 116 valence electrons. The maximum atomic E-state index is 13.9. The smallest absolute Gasteiger partial charge is 0.258 e. The molecule has 1 aliphatic heterocycles. The number of carbonyl (C=O) groups is 1. The summed E-state index contributed by atoms with van der Waals surface area (Å²) in [5.41, 5.74) is -0.538. The lowest BCUT2D eigenvalue weighted by Crippen LogP contribution is -2.31. The molecule has 1 atom stereocenters. The third-order valence-corrected chi connectivity index (χ3v) is 3.75. The lowest BCUT2D eigenvalue weighted by atomic mass is 10.1. The molecule has 0 saturated carbocycles. The molecule has 0 N–H and O–H groups in total. The first kappa shape index (κ1) is 14.5. The highest BCUT2D eigenvalue weighted by molar-refractivity contribution is 5.98. The Morgan fingerprint density at radius 3 is 2.73 bits per heavy atom. The standard InChI is InChI=1S/C15H14F2N2O3/c1-7-6-22-14-11(17)10(16)4-8-12(14)19(7)5-9(13(8)20)15(21)18(2)3/h4-5,7H,6H2,1-3H3. The highest BCUT2D eigenvalue weighted by atomic mass is 19.2. The predicted molar refractivity (Wildman–Crippen MR) is 76.3 cm³/mol. The largest absolute Gasteiger partial charge is 0.486 e. The number of hydrogen-bond acceptors (Lipinski definition) is 3. The van der Waals surface area contributed by atoms with Crippen LogP contribution in [0.15, 0.2) is 17.1 Å². The van der Waals surface area contributed by atoms with Gasteiger partial charge >= 0.3 is 0 Å². The molecule has 2 heterocycles. The fraction of sp³-hybridized carbons (Fsp3) is 0.333. The number of aromatic nitrogens is 1. The summed E-state index contributed by atoms with van der Waals surface area (Å²) in [6, 6.07) is 0.607. The SMILES string of the molecule is CC1COc2c(F)c(F)cc3c(=O)c(C(=O)N(C)C)cn1c23. The maximum absolute atomic E-state index is 13.9. The normalized spacial score (nSPS) is 16.5. The average Bonchev–Trinajstić information content (AvgIpc) is 2.47. The molecule has 1 amide bonds. The van der Waals surface area contributed by atoms with Gasteiger partial charge in [-0.15, -0.1) is 0 Å². The van der Waals surface area contributed by atoms with Crippen LogP contribution in [0, 0.1) is 11.6 Å². The van der Waals surface area contributed by atoms with Crippen molar-refractivity contribution in [1.82, 2.24) is 9.47 Å². The molecule has 0 radical (unpaired) electrons. The van der Waals surface area contributed by atoms with E-state index >= 15 is 0 Å². The van der Waals surface area contributed by atoms with Crippen molar-refractivity contribution in [1.29, 1.82) is 0 Å². The van der Waals surface area contributed by atoms with Crippen LogP contribution in [0.1, 0.15) is 23.3 Å². The van der Waals surface area contributed by atoms with Gasteiger partial charge < -0.3 is 14.2 Å². The zero-order valence-electron chi connectivity index (χ0n) is 12.3. The quantitative estimate of drug-likeness (QED) is 0.809. The maximum Gasteiger partial charge on any atom is 0.258 e. The first-order valence-electron chi connectivity index (χ1n) is 6.74. The summed E-state index contributed by atoms with van der Waals surface area (Å²) >= 11 is 0. The van der Waals surface area contributed by atoms with E-state index in [1.807, 2.05) is 0 Å². The first-order chi connectivity index (χ1) is 10.3. The number of benzene rings is 1. The fourth-order valence-electron chi connectivity index (χ4n) is 2.59. The number of ether oxygens (including phenoxy) is 1. The van der Waals surface area contributed by atoms with Crippen molar-refractivity contribution < 1.29 is 18.3 Å². The molecule has 0 saturated heterocycles. The Kier molecular flexibility index (Phi) is 3.16. The van der Waals surface area contributed by atoms with E-state index in [2.05, 4.69) is 0 Å². The van der Waals surface area contributed by atoms with Crippen LogP contribution >= 0.6 is 0 Å². The number of nitrogens with zero attached hydrogens (tertiary/aromatic N) is 2. The summed E-state index contributed by atoms with van der Waals surface area (Å²) in [4.78, 5) is 25.9. The van der Waals surface area contributed by atoms with Crippen LogP contribution in [0.5, 0.6) is 5.75 Å². The second-order valence-electron chi connectivity index (χ2n) is 5.54. The average molecular weight is 308 g/mol. The molecule has 3 rings (SSSR count). The molecule has 1 aromatic heterocycles.